The van der Waals surface area contributed by atoms with Crippen LogP contribution in [0.25, 0.3) is 11.5 Å². The molecule has 3 rings (SSSR count). The quantitative estimate of drug-likeness (QED) is 0.599. The van der Waals surface area contributed by atoms with E-state index < -0.39 is 0 Å². The number of aromatic nitrogens is 4. The fourth-order valence-corrected chi connectivity index (χ4v) is 3.63. The van der Waals surface area contributed by atoms with Crippen LogP contribution in [0.15, 0.2) is 33.1 Å². The van der Waals surface area contributed by atoms with Crippen molar-refractivity contribution >= 4 is 39.8 Å². The SMILES string of the molecule is CC(C)CNc1nnc(SCc2noc(-c3ccccc3Cl)n2)s1. The fourth-order valence-electron chi connectivity index (χ4n) is 1.81. The third-order valence-corrected chi connectivity index (χ3v) is 5.30. The van der Waals surface area contributed by atoms with Gasteiger partial charge < -0.3 is 9.84 Å². The summed E-state index contributed by atoms with van der Waals surface area (Å²) < 4.78 is 6.15. The van der Waals surface area contributed by atoms with Crippen molar-refractivity contribution in [1.82, 2.24) is 20.3 Å². The predicted octanol–water partition coefficient (Wildman–Crippen LogP) is 4.60. The fraction of sp³-hybridized carbons (Fsp3) is 0.333. The first-order valence-electron chi connectivity index (χ1n) is 7.39. The first kappa shape index (κ1) is 17.2. The van der Waals surface area contributed by atoms with Crippen molar-refractivity contribution in [3.05, 3.63) is 35.1 Å². The highest BCUT2D eigenvalue weighted by Gasteiger charge is 2.13. The van der Waals surface area contributed by atoms with Crippen molar-refractivity contribution in [1.29, 1.82) is 0 Å². The predicted molar refractivity (Wildman–Crippen MR) is 97.5 cm³/mol. The van der Waals surface area contributed by atoms with Gasteiger partial charge >= 0.3 is 0 Å². The molecule has 0 aliphatic heterocycles. The minimum atomic E-state index is 0.424. The smallest absolute Gasteiger partial charge is 0.259 e. The maximum atomic E-state index is 6.14. The lowest BCUT2D eigenvalue weighted by atomic mass is 10.2. The minimum absolute atomic E-state index is 0.424. The first-order valence-corrected chi connectivity index (χ1v) is 9.57. The molecule has 0 aliphatic carbocycles. The number of anilines is 1. The summed E-state index contributed by atoms with van der Waals surface area (Å²) in [6, 6.07) is 7.39. The Kier molecular flexibility index (Phi) is 5.70. The number of thioether (sulfide) groups is 1. The summed E-state index contributed by atoms with van der Waals surface area (Å²) in [6.07, 6.45) is 0. The summed E-state index contributed by atoms with van der Waals surface area (Å²) in [5.74, 6) is 2.15. The zero-order valence-electron chi connectivity index (χ0n) is 13.2. The molecule has 0 fully saturated rings. The van der Waals surface area contributed by atoms with Crippen LogP contribution in [0.2, 0.25) is 5.02 Å². The molecule has 1 aromatic carbocycles. The van der Waals surface area contributed by atoms with Crippen LogP contribution in [0.3, 0.4) is 0 Å². The van der Waals surface area contributed by atoms with Gasteiger partial charge in [-0.25, -0.2) is 0 Å². The van der Waals surface area contributed by atoms with Crippen LogP contribution >= 0.6 is 34.7 Å². The second-order valence-electron chi connectivity index (χ2n) is 5.43. The molecule has 3 aromatic rings. The van der Waals surface area contributed by atoms with E-state index in [0.717, 1.165) is 21.6 Å². The van der Waals surface area contributed by atoms with Crippen molar-refractivity contribution in [2.24, 2.45) is 5.92 Å². The summed E-state index contributed by atoms with van der Waals surface area (Å²) in [5, 5.41) is 16.9. The molecule has 0 aliphatic rings. The van der Waals surface area contributed by atoms with Crippen LogP contribution < -0.4 is 5.32 Å². The minimum Gasteiger partial charge on any atom is -0.360 e. The van der Waals surface area contributed by atoms with Gasteiger partial charge in [0.25, 0.3) is 5.89 Å². The molecule has 0 saturated heterocycles. The number of hydrogen-bond donors (Lipinski definition) is 1. The third-order valence-electron chi connectivity index (χ3n) is 2.97. The Bertz CT molecular complexity index is 805. The highest BCUT2D eigenvalue weighted by molar-refractivity contribution is 8.00. The number of nitrogens with one attached hydrogen (secondary N) is 1. The van der Waals surface area contributed by atoms with Gasteiger partial charge in [0.05, 0.1) is 16.3 Å². The zero-order chi connectivity index (χ0) is 16.9. The lowest BCUT2D eigenvalue weighted by Crippen LogP contribution is -2.07. The average molecular weight is 382 g/mol. The molecule has 6 nitrogen and oxygen atoms in total. The van der Waals surface area contributed by atoms with Crippen molar-refractivity contribution in [3.8, 4) is 11.5 Å². The lowest BCUT2D eigenvalue weighted by Gasteiger charge is -2.03. The Balaban J connectivity index is 1.59. The molecule has 0 bridgehead atoms. The van der Waals surface area contributed by atoms with E-state index >= 15 is 0 Å². The lowest BCUT2D eigenvalue weighted by molar-refractivity contribution is 0.425. The van der Waals surface area contributed by atoms with E-state index in [0.29, 0.717) is 28.4 Å². The van der Waals surface area contributed by atoms with E-state index in [1.807, 2.05) is 18.2 Å². The Hall–Kier alpha value is -1.64. The molecule has 0 spiro atoms. The molecule has 1 N–H and O–H groups in total. The zero-order valence-corrected chi connectivity index (χ0v) is 15.6. The Morgan fingerprint density at radius 3 is 2.92 bits per heavy atom. The van der Waals surface area contributed by atoms with Crippen molar-refractivity contribution < 1.29 is 4.52 Å². The van der Waals surface area contributed by atoms with Gasteiger partial charge in [0.15, 0.2) is 10.2 Å². The van der Waals surface area contributed by atoms with Gasteiger partial charge in [-0.15, -0.1) is 10.2 Å². The summed E-state index contributed by atoms with van der Waals surface area (Å²) in [6.45, 7) is 5.18. The maximum absolute atomic E-state index is 6.14. The molecule has 0 unspecified atom stereocenters. The van der Waals surface area contributed by atoms with Crippen LogP contribution in [0.1, 0.15) is 19.7 Å². The molecule has 2 aromatic heterocycles. The van der Waals surface area contributed by atoms with Crippen LogP contribution in [-0.2, 0) is 5.75 Å². The molecule has 9 heteroatoms. The van der Waals surface area contributed by atoms with E-state index in [1.54, 1.807) is 6.07 Å². The van der Waals surface area contributed by atoms with Gasteiger partial charge in [-0.2, -0.15) is 4.98 Å². The van der Waals surface area contributed by atoms with Crippen LogP contribution in [0, 0.1) is 5.92 Å². The number of hydrogen-bond acceptors (Lipinski definition) is 8. The van der Waals surface area contributed by atoms with Crippen molar-refractivity contribution in [3.63, 3.8) is 0 Å². The first-order chi connectivity index (χ1) is 11.6. The molecule has 0 amide bonds. The van der Waals surface area contributed by atoms with E-state index in [1.165, 1.54) is 23.1 Å². The number of nitrogens with zero attached hydrogens (tertiary/aromatic N) is 4. The highest BCUT2D eigenvalue weighted by Crippen LogP contribution is 2.29. The van der Waals surface area contributed by atoms with E-state index in [2.05, 4.69) is 39.5 Å². The Labute approximate surface area is 153 Å². The molecule has 126 valence electrons. The van der Waals surface area contributed by atoms with Gasteiger partial charge in [-0.05, 0) is 18.1 Å². The normalized spacial score (nSPS) is 11.2. The Morgan fingerprint density at radius 1 is 1.29 bits per heavy atom. The van der Waals surface area contributed by atoms with Gasteiger partial charge in [0, 0.05) is 6.54 Å². The van der Waals surface area contributed by atoms with Crippen LogP contribution in [0.5, 0.6) is 0 Å². The molecule has 0 saturated carbocycles. The molecular formula is C15H16ClN5OS2. The molecule has 2 heterocycles. The average Bonchev–Trinajstić information content (AvgIpc) is 3.21. The molecule has 0 atom stereocenters. The van der Waals surface area contributed by atoms with E-state index in [4.69, 9.17) is 16.1 Å². The number of benzene rings is 1. The Morgan fingerprint density at radius 2 is 2.12 bits per heavy atom. The number of halogens is 1. The maximum Gasteiger partial charge on any atom is 0.259 e. The van der Waals surface area contributed by atoms with Crippen molar-refractivity contribution in [2.75, 3.05) is 11.9 Å². The third kappa shape index (κ3) is 4.46. The monoisotopic (exact) mass is 381 g/mol. The summed E-state index contributed by atoms with van der Waals surface area (Å²) >= 11 is 9.19. The number of rotatable bonds is 7. The van der Waals surface area contributed by atoms with E-state index in [-0.39, 0.29) is 0 Å². The molecule has 24 heavy (non-hydrogen) atoms. The largest absolute Gasteiger partial charge is 0.360 e. The van der Waals surface area contributed by atoms with Crippen molar-refractivity contribution in [2.45, 2.75) is 23.9 Å². The topological polar surface area (TPSA) is 76.7 Å². The van der Waals surface area contributed by atoms with Gasteiger partial charge in [-0.1, -0.05) is 65.8 Å². The summed E-state index contributed by atoms with van der Waals surface area (Å²) in [4.78, 5) is 4.38. The van der Waals surface area contributed by atoms with Crippen LogP contribution in [0.4, 0.5) is 5.13 Å². The van der Waals surface area contributed by atoms with Gasteiger partial charge in [-0.3, -0.25) is 0 Å². The molecule has 0 radical (unpaired) electrons. The van der Waals surface area contributed by atoms with Gasteiger partial charge in [0.1, 0.15) is 0 Å². The molecular weight excluding hydrogens is 366 g/mol. The summed E-state index contributed by atoms with van der Waals surface area (Å²) in [5.41, 5.74) is 0.735. The van der Waals surface area contributed by atoms with E-state index in [9.17, 15) is 0 Å². The second kappa shape index (κ2) is 7.96. The van der Waals surface area contributed by atoms with Gasteiger partial charge in [0.2, 0.25) is 5.13 Å². The summed E-state index contributed by atoms with van der Waals surface area (Å²) in [7, 11) is 0. The standard InChI is InChI=1S/C15H16ClN5OS2/c1-9(2)7-17-14-19-20-15(24-14)23-8-12-18-13(22-21-12)10-5-3-4-6-11(10)16/h3-6,9H,7-8H2,1-2H3,(H,17,19). The van der Waals surface area contributed by atoms with Crippen LogP contribution in [-0.4, -0.2) is 26.9 Å². The highest BCUT2D eigenvalue weighted by atomic mass is 35.5. The second-order valence-corrected chi connectivity index (χ2v) is 8.04.